The average molecular weight is 193 g/mol. The van der Waals surface area contributed by atoms with Crippen molar-refractivity contribution < 1.29 is 4.39 Å². The van der Waals surface area contributed by atoms with E-state index in [0.29, 0.717) is 6.04 Å². The highest BCUT2D eigenvalue weighted by Crippen LogP contribution is 2.08. The van der Waals surface area contributed by atoms with Crippen LogP contribution >= 0.6 is 0 Å². The van der Waals surface area contributed by atoms with E-state index >= 15 is 0 Å². The third kappa shape index (κ3) is 3.30. The highest BCUT2D eigenvalue weighted by molar-refractivity contribution is 5.17. The molecule has 76 valence electrons. The smallest absolute Gasteiger partial charge is 0.123 e. The van der Waals surface area contributed by atoms with Crippen molar-refractivity contribution in [3.05, 3.63) is 48.3 Å². The Hall–Kier alpha value is -1.15. The summed E-state index contributed by atoms with van der Waals surface area (Å²) in [6, 6.07) is 7.06. The highest BCUT2D eigenvalue weighted by atomic mass is 19.1. The first-order chi connectivity index (χ1) is 6.76. The summed E-state index contributed by atoms with van der Waals surface area (Å²) in [7, 11) is 1.91. The quantitative estimate of drug-likeness (QED) is 0.708. The van der Waals surface area contributed by atoms with Crippen molar-refractivity contribution in [1.29, 1.82) is 0 Å². The number of rotatable bonds is 5. The number of halogens is 1. The van der Waals surface area contributed by atoms with Crippen LogP contribution in [0.25, 0.3) is 0 Å². The maximum absolute atomic E-state index is 12.9. The Morgan fingerprint density at radius 1 is 1.57 bits per heavy atom. The van der Waals surface area contributed by atoms with E-state index in [9.17, 15) is 4.39 Å². The van der Waals surface area contributed by atoms with E-state index in [-0.39, 0.29) is 5.82 Å². The molecule has 1 rings (SSSR count). The maximum Gasteiger partial charge on any atom is 0.123 e. The Morgan fingerprint density at radius 3 is 2.93 bits per heavy atom. The van der Waals surface area contributed by atoms with Gasteiger partial charge >= 0.3 is 0 Å². The van der Waals surface area contributed by atoms with Crippen molar-refractivity contribution in [2.24, 2.45) is 0 Å². The lowest BCUT2D eigenvalue weighted by atomic mass is 10.0. The molecule has 0 saturated heterocycles. The highest BCUT2D eigenvalue weighted by Gasteiger charge is 2.05. The van der Waals surface area contributed by atoms with Crippen LogP contribution in [0.2, 0.25) is 0 Å². The Bertz CT molecular complexity index is 296. The molecule has 0 radical (unpaired) electrons. The summed E-state index contributed by atoms with van der Waals surface area (Å²) in [6.45, 7) is 3.69. The van der Waals surface area contributed by atoms with Crippen LogP contribution in [0.4, 0.5) is 4.39 Å². The molecule has 0 bridgehead atoms. The molecule has 0 aliphatic heterocycles. The molecule has 1 aromatic carbocycles. The first-order valence-electron chi connectivity index (χ1n) is 4.79. The monoisotopic (exact) mass is 193 g/mol. The minimum Gasteiger partial charge on any atom is -0.316 e. The van der Waals surface area contributed by atoms with Gasteiger partial charge in [0.1, 0.15) is 5.82 Å². The first-order valence-corrected chi connectivity index (χ1v) is 4.79. The molecule has 1 aromatic rings. The van der Waals surface area contributed by atoms with Gasteiger partial charge < -0.3 is 5.32 Å². The molecule has 14 heavy (non-hydrogen) atoms. The lowest BCUT2D eigenvalue weighted by molar-refractivity contribution is 0.562. The predicted octanol–water partition coefficient (Wildman–Crippen LogP) is 2.53. The van der Waals surface area contributed by atoms with Crippen molar-refractivity contribution >= 4 is 0 Å². The second-order valence-electron chi connectivity index (χ2n) is 3.34. The van der Waals surface area contributed by atoms with Crippen LogP contribution in [-0.2, 0) is 6.42 Å². The van der Waals surface area contributed by atoms with Gasteiger partial charge in [0.15, 0.2) is 0 Å². The van der Waals surface area contributed by atoms with Gasteiger partial charge in [0.25, 0.3) is 0 Å². The van der Waals surface area contributed by atoms with Crippen molar-refractivity contribution in [1.82, 2.24) is 5.32 Å². The average Bonchev–Trinajstić information content (AvgIpc) is 2.17. The van der Waals surface area contributed by atoms with Crippen LogP contribution in [0.5, 0.6) is 0 Å². The molecule has 0 spiro atoms. The number of hydrogen-bond donors (Lipinski definition) is 1. The predicted molar refractivity (Wildman–Crippen MR) is 57.8 cm³/mol. The van der Waals surface area contributed by atoms with Gasteiger partial charge in [-0.15, -0.1) is 6.58 Å². The van der Waals surface area contributed by atoms with Crippen LogP contribution in [-0.4, -0.2) is 13.1 Å². The summed E-state index contributed by atoms with van der Waals surface area (Å²) in [5.41, 5.74) is 1.02. The van der Waals surface area contributed by atoms with Gasteiger partial charge in [0.2, 0.25) is 0 Å². The zero-order valence-corrected chi connectivity index (χ0v) is 8.46. The van der Waals surface area contributed by atoms with Crippen LogP contribution in [0.1, 0.15) is 12.0 Å². The van der Waals surface area contributed by atoms with Gasteiger partial charge in [0.05, 0.1) is 0 Å². The number of likely N-dealkylation sites (N-methyl/N-ethyl adjacent to an activating group) is 1. The molecule has 0 heterocycles. The molecular formula is C12H16FN. The first kappa shape index (κ1) is 10.9. The summed E-state index contributed by atoms with van der Waals surface area (Å²) in [5, 5.41) is 3.18. The maximum atomic E-state index is 12.9. The minimum absolute atomic E-state index is 0.170. The van der Waals surface area contributed by atoms with Gasteiger partial charge in [-0.3, -0.25) is 0 Å². The minimum atomic E-state index is -0.170. The molecule has 1 N–H and O–H groups in total. The fourth-order valence-corrected chi connectivity index (χ4v) is 1.45. The fraction of sp³-hybridized carbons (Fsp3) is 0.333. The molecule has 1 unspecified atom stereocenters. The SMILES string of the molecule is C=CCC(Cc1cccc(F)c1)NC. The van der Waals surface area contributed by atoms with Crippen molar-refractivity contribution in [2.45, 2.75) is 18.9 Å². The number of hydrogen-bond acceptors (Lipinski definition) is 1. The summed E-state index contributed by atoms with van der Waals surface area (Å²) in [4.78, 5) is 0. The lowest BCUT2D eigenvalue weighted by Gasteiger charge is -2.13. The van der Waals surface area contributed by atoms with Crippen molar-refractivity contribution in [3.63, 3.8) is 0 Å². The zero-order chi connectivity index (χ0) is 10.4. The Kier molecular flexibility index (Phi) is 4.33. The van der Waals surface area contributed by atoms with Crippen molar-refractivity contribution in [2.75, 3.05) is 7.05 Å². The molecule has 2 heteroatoms. The van der Waals surface area contributed by atoms with Gasteiger partial charge in [-0.25, -0.2) is 4.39 Å². The van der Waals surface area contributed by atoms with E-state index in [4.69, 9.17) is 0 Å². The topological polar surface area (TPSA) is 12.0 Å². The van der Waals surface area contributed by atoms with Crippen LogP contribution in [0.3, 0.4) is 0 Å². The molecule has 0 amide bonds. The van der Waals surface area contributed by atoms with E-state index in [1.54, 1.807) is 12.1 Å². The molecule has 0 fully saturated rings. The number of nitrogens with one attached hydrogen (secondary N) is 1. The Labute approximate surface area is 84.6 Å². The summed E-state index contributed by atoms with van der Waals surface area (Å²) >= 11 is 0. The van der Waals surface area contributed by atoms with Crippen LogP contribution in [0.15, 0.2) is 36.9 Å². The molecule has 0 aromatic heterocycles. The van der Waals surface area contributed by atoms with Crippen LogP contribution in [0, 0.1) is 5.82 Å². The molecule has 1 nitrogen and oxygen atoms in total. The van der Waals surface area contributed by atoms with Crippen LogP contribution < -0.4 is 5.32 Å². The third-order valence-corrected chi connectivity index (χ3v) is 2.23. The Morgan fingerprint density at radius 2 is 2.36 bits per heavy atom. The molecule has 0 saturated carbocycles. The number of benzene rings is 1. The third-order valence-electron chi connectivity index (χ3n) is 2.23. The zero-order valence-electron chi connectivity index (χ0n) is 8.46. The largest absolute Gasteiger partial charge is 0.316 e. The van der Waals surface area contributed by atoms with E-state index < -0.39 is 0 Å². The fourth-order valence-electron chi connectivity index (χ4n) is 1.45. The van der Waals surface area contributed by atoms with Crippen molar-refractivity contribution in [3.8, 4) is 0 Å². The van der Waals surface area contributed by atoms with Gasteiger partial charge in [-0.2, -0.15) is 0 Å². The molecular weight excluding hydrogens is 177 g/mol. The Balaban J connectivity index is 2.61. The molecule has 1 atom stereocenters. The standard InChI is InChI=1S/C12H16FN/c1-3-5-12(14-2)9-10-6-4-7-11(13)8-10/h3-4,6-8,12,14H,1,5,9H2,2H3. The van der Waals surface area contributed by atoms with E-state index in [2.05, 4.69) is 11.9 Å². The summed E-state index contributed by atoms with van der Waals surface area (Å²) < 4.78 is 12.9. The lowest BCUT2D eigenvalue weighted by Crippen LogP contribution is -2.26. The molecule has 0 aliphatic rings. The normalized spacial score (nSPS) is 12.4. The van der Waals surface area contributed by atoms with Gasteiger partial charge in [-0.05, 0) is 37.6 Å². The van der Waals surface area contributed by atoms with Gasteiger partial charge in [0, 0.05) is 6.04 Å². The summed E-state index contributed by atoms with van der Waals surface area (Å²) in [5.74, 6) is -0.170. The van der Waals surface area contributed by atoms with E-state index in [0.717, 1.165) is 18.4 Å². The van der Waals surface area contributed by atoms with E-state index in [1.165, 1.54) is 6.07 Å². The van der Waals surface area contributed by atoms with E-state index in [1.807, 2.05) is 19.2 Å². The second-order valence-corrected chi connectivity index (χ2v) is 3.34. The van der Waals surface area contributed by atoms with Gasteiger partial charge in [-0.1, -0.05) is 18.2 Å². The summed E-state index contributed by atoms with van der Waals surface area (Å²) in [6.07, 6.45) is 3.60. The molecule has 0 aliphatic carbocycles. The second kappa shape index (κ2) is 5.55.